The zero-order valence-electron chi connectivity index (χ0n) is 15.9. The summed E-state index contributed by atoms with van der Waals surface area (Å²) in [5.74, 6) is 0.606. The second kappa shape index (κ2) is 7.77. The number of rotatable bonds is 5. The van der Waals surface area contributed by atoms with E-state index >= 15 is 0 Å². The first-order valence-corrected chi connectivity index (χ1v) is 10.9. The van der Waals surface area contributed by atoms with E-state index in [1.165, 1.54) is 16.6 Å². The van der Waals surface area contributed by atoms with Crippen molar-refractivity contribution in [2.45, 2.75) is 25.8 Å². The number of nitrogens with zero attached hydrogens (tertiary/aromatic N) is 5. The quantitative estimate of drug-likeness (QED) is 0.758. The SMILES string of the molecule is CCN(c1nc(-c2ccncc2)cc(=O)n1C)C1CCN(S(C)(=O)=O)CC1. The van der Waals surface area contributed by atoms with Gasteiger partial charge in [0.25, 0.3) is 5.56 Å². The van der Waals surface area contributed by atoms with Gasteiger partial charge in [0, 0.05) is 56.7 Å². The van der Waals surface area contributed by atoms with Crippen LogP contribution in [0.3, 0.4) is 0 Å². The molecule has 9 heteroatoms. The molecule has 146 valence electrons. The van der Waals surface area contributed by atoms with E-state index in [2.05, 4.69) is 9.88 Å². The second-order valence-corrected chi connectivity index (χ2v) is 8.74. The number of piperidine rings is 1. The lowest BCUT2D eigenvalue weighted by Gasteiger charge is -2.38. The predicted octanol–water partition coefficient (Wildman–Crippen LogP) is 1.09. The molecule has 2 aromatic heterocycles. The molecule has 0 aliphatic carbocycles. The normalized spacial score (nSPS) is 16.4. The Morgan fingerprint density at radius 3 is 2.41 bits per heavy atom. The van der Waals surface area contributed by atoms with Crippen LogP contribution >= 0.6 is 0 Å². The minimum Gasteiger partial charge on any atom is -0.339 e. The van der Waals surface area contributed by atoms with Gasteiger partial charge in [-0.15, -0.1) is 0 Å². The van der Waals surface area contributed by atoms with Crippen LogP contribution in [0.1, 0.15) is 19.8 Å². The van der Waals surface area contributed by atoms with E-state index in [0.29, 0.717) is 44.1 Å². The Labute approximate surface area is 159 Å². The van der Waals surface area contributed by atoms with Crippen LogP contribution in [0, 0.1) is 0 Å². The molecule has 0 atom stereocenters. The monoisotopic (exact) mass is 391 g/mol. The van der Waals surface area contributed by atoms with Gasteiger partial charge in [-0.2, -0.15) is 0 Å². The van der Waals surface area contributed by atoms with Crippen molar-refractivity contribution in [1.82, 2.24) is 18.8 Å². The summed E-state index contributed by atoms with van der Waals surface area (Å²) in [6.07, 6.45) is 6.00. The molecular weight excluding hydrogens is 366 g/mol. The van der Waals surface area contributed by atoms with Crippen molar-refractivity contribution < 1.29 is 8.42 Å². The van der Waals surface area contributed by atoms with Crippen molar-refractivity contribution in [2.75, 3.05) is 30.8 Å². The van der Waals surface area contributed by atoms with Crippen LogP contribution in [0.5, 0.6) is 0 Å². The van der Waals surface area contributed by atoms with Crippen LogP contribution in [0.2, 0.25) is 0 Å². The first-order chi connectivity index (χ1) is 12.8. The molecule has 0 N–H and O–H groups in total. The summed E-state index contributed by atoms with van der Waals surface area (Å²) in [6.45, 7) is 3.67. The summed E-state index contributed by atoms with van der Waals surface area (Å²) < 4.78 is 26.6. The molecule has 0 saturated carbocycles. The number of sulfonamides is 1. The van der Waals surface area contributed by atoms with Gasteiger partial charge in [-0.1, -0.05) is 0 Å². The fourth-order valence-corrected chi connectivity index (χ4v) is 4.38. The van der Waals surface area contributed by atoms with Gasteiger partial charge >= 0.3 is 0 Å². The largest absolute Gasteiger partial charge is 0.339 e. The summed E-state index contributed by atoms with van der Waals surface area (Å²) in [5, 5.41) is 0. The average molecular weight is 391 g/mol. The third-order valence-corrected chi connectivity index (χ3v) is 6.32. The summed E-state index contributed by atoms with van der Waals surface area (Å²) in [5.41, 5.74) is 1.33. The number of hydrogen-bond donors (Lipinski definition) is 0. The molecule has 1 aliphatic rings. The maximum atomic E-state index is 12.5. The third-order valence-electron chi connectivity index (χ3n) is 5.02. The summed E-state index contributed by atoms with van der Waals surface area (Å²) in [4.78, 5) is 23.4. The molecule has 0 unspecified atom stereocenters. The topological polar surface area (TPSA) is 88.4 Å². The van der Waals surface area contributed by atoms with Gasteiger partial charge in [0.05, 0.1) is 11.9 Å². The molecule has 1 aliphatic heterocycles. The van der Waals surface area contributed by atoms with Gasteiger partial charge in [-0.25, -0.2) is 17.7 Å². The maximum Gasteiger partial charge on any atom is 0.255 e. The Morgan fingerprint density at radius 2 is 1.85 bits per heavy atom. The van der Waals surface area contributed by atoms with E-state index in [4.69, 9.17) is 4.98 Å². The first-order valence-electron chi connectivity index (χ1n) is 9.01. The lowest BCUT2D eigenvalue weighted by Crippen LogP contribution is -2.48. The number of anilines is 1. The lowest BCUT2D eigenvalue weighted by molar-refractivity contribution is 0.310. The number of pyridine rings is 1. The molecule has 1 saturated heterocycles. The Balaban J connectivity index is 1.92. The van der Waals surface area contributed by atoms with E-state index < -0.39 is 10.0 Å². The molecule has 1 fully saturated rings. The zero-order valence-corrected chi connectivity index (χ0v) is 16.7. The number of aromatic nitrogens is 3. The van der Waals surface area contributed by atoms with Gasteiger partial charge < -0.3 is 4.90 Å². The smallest absolute Gasteiger partial charge is 0.255 e. The molecule has 0 aromatic carbocycles. The first kappa shape index (κ1) is 19.5. The third kappa shape index (κ3) is 4.19. The molecule has 0 radical (unpaired) electrons. The van der Waals surface area contributed by atoms with E-state index in [-0.39, 0.29) is 11.6 Å². The molecule has 8 nitrogen and oxygen atoms in total. The fourth-order valence-electron chi connectivity index (χ4n) is 3.50. The minimum atomic E-state index is -3.17. The molecule has 0 bridgehead atoms. The molecule has 0 amide bonds. The Morgan fingerprint density at radius 1 is 1.22 bits per heavy atom. The highest BCUT2D eigenvalue weighted by molar-refractivity contribution is 7.88. The fraction of sp³-hybridized carbons (Fsp3) is 0.500. The highest BCUT2D eigenvalue weighted by atomic mass is 32.2. The van der Waals surface area contributed by atoms with Gasteiger partial charge in [0.15, 0.2) is 0 Å². The van der Waals surface area contributed by atoms with Crippen molar-refractivity contribution >= 4 is 16.0 Å². The van der Waals surface area contributed by atoms with Crippen LogP contribution in [-0.4, -0.2) is 59.2 Å². The van der Waals surface area contributed by atoms with E-state index in [0.717, 1.165) is 5.56 Å². The van der Waals surface area contributed by atoms with Crippen molar-refractivity contribution in [1.29, 1.82) is 0 Å². The highest BCUT2D eigenvalue weighted by Crippen LogP contribution is 2.24. The van der Waals surface area contributed by atoms with E-state index in [1.807, 2.05) is 19.1 Å². The van der Waals surface area contributed by atoms with Gasteiger partial charge in [-0.05, 0) is 31.9 Å². The molecule has 3 rings (SSSR count). The van der Waals surface area contributed by atoms with Crippen LogP contribution in [0.25, 0.3) is 11.3 Å². The predicted molar refractivity (Wildman–Crippen MR) is 105 cm³/mol. The summed E-state index contributed by atoms with van der Waals surface area (Å²) in [6, 6.07) is 5.32. The van der Waals surface area contributed by atoms with Crippen molar-refractivity contribution in [3.05, 3.63) is 40.9 Å². The Kier molecular flexibility index (Phi) is 5.61. The molecular formula is C18H25N5O3S. The molecule has 0 spiro atoms. The van der Waals surface area contributed by atoms with Crippen LogP contribution in [0.4, 0.5) is 5.95 Å². The summed E-state index contributed by atoms with van der Waals surface area (Å²) in [7, 11) is -1.45. The number of hydrogen-bond acceptors (Lipinski definition) is 6. The van der Waals surface area contributed by atoms with Crippen molar-refractivity contribution in [3.63, 3.8) is 0 Å². The molecule has 3 heterocycles. The van der Waals surface area contributed by atoms with Gasteiger partial charge in [0.1, 0.15) is 0 Å². The zero-order chi connectivity index (χ0) is 19.6. The van der Waals surface area contributed by atoms with Crippen LogP contribution in [-0.2, 0) is 17.1 Å². The maximum absolute atomic E-state index is 12.5. The van der Waals surface area contributed by atoms with E-state index in [1.54, 1.807) is 24.0 Å². The van der Waals surface area contributed by atoms with Gasteiger partial charge in [-0.3, -0.25) is 14.3 Å². The minimum absolute atomic E-state index is 0.126. The Hall–Kier alpha value is -2.26. The Bertz CT molecular complexity index is 951. The van der Waals surface area contributed by atoms with Crippen LogP contribution in [0.15, 0.2) is 35.4 Å². The highest BCUT2D eigenvalue weighted by Gasteiger charge is 2.29. The molecule has 27 heavy (non-hydrogen) atoms. The van der Waals surface area contributed by atoms with Crippen molar-refractivity contribution in [2.24, 2.45) is 7.05 Å². The second-order valence-electron chi connectivity index (χ2n) is 6.75. The van der Waals surface area contributed by atoms with Crippen LogP contribution < -0.4 is 10.5 Å². The molecule has 2 aromatic rings. The average Bonchev–Trinajstić information content (AvgIpc) is 2.66. The van der Waals surface area contributed by atoms with E-state index in [9.17, 15) is 13.2 Å². The standard InChI is InChI=1S/C18H25N5O3S/c1-4-23(15-7-11-22(12-8-15)27(3,25)26)18-20-16(13-17(24)21(18)2)14-5-9-19-10-6-14/h5-6,9-10,13,15H,4,7-8,11-12H2,1-3H3. The van der Waals surface area contributed by atoms with Gasteiger partial charge in [0.2, 0.25) is 16.0 Å². The lowest BCUT2D eigenvalue weighted by atomic mass is 10.1. The summed E-state index contributed by atoms with van der Waals surface area (Å²) >= 11 is 0. The van der Waals surface area contributed by atoms with Crippen molar-refractivity contribution in [3.8, 4) is 11.3 Å².